The van der Waals surface area contributed by atoms with Gasteiger partial charge in [0.25, 0.3) is 0 Å². The van der Waals surface area contributed by atoms with Crippen LogP contribution in [0.25, 0.3) is 0 Å². The highest BCUT2D eigenvalue weighted by atomic mass is 16.5. The number of hydrogen-bond acceptors (Lipinski definition) is 4. The first-order chi connectivity index (χ1) is 9.53. The van der Waals surface area contributed by atoms with Crippen LogP contribution in [-0.2, 0) is 19.7 Å². The summed E-state index contributed by atoms with van der Waals surface area (Å²) in [4.78, 5) is 23.2. The minimum Gasteiger partial charge on any atom is -0.465 e. The van der Waals surface area contributed by atoms with Crippen molar-refractivity contribution in [2.45, 2.75) is 38.5 Å². The van der Waals surface area contributed by atoms with Crippen molar-refractivity contribution in [2.75, 3.05) is 6.61 Å². The first-order valence-electron chi connectivity index (χ1n) is 6.65. The van der Waals surface area contributed by atoms with Gasteiger partial charge in [-0.2, -0.15) is 5.26 Å². The van der Waals surface area contributed by atoms with Gasteiger partial charge in [-0.25, -0.2) is 4.79 Å². The molecule has 0 aliphatic rings. The lowest BCUT2D eigenvalue weighted by atomic mass is 9.75. The Kier molecular flexibility index (Phi) is 5.45. The molecule has 20 heavy (non-hydrogen) atoms. The molecule has 0 aliphatic heterocycles. The van der Waals surface area contributed by atoms with Gasteiger partial charge in [-0.3, -0.25) is 0 Å². The maximum Gasteiger partial charge on any atom is 0.331 e. The minimum absolute atomic E-state index is 0.139. The normalized spacial score (nSPS) is 13.3. The SMILES string of the molecule is CCOC(=O)C(C#N)(CC=O)c1ccccc1C(C)C. The molecule has 0 N–H and O–H groups in total. The van der Waals surface area contributed by atoms with Gasteiger partial charge in [-0.1, -0.05) is 38.1 Å². The van der Waals surface area contributed by atoms with E-state index in [2.05, 4.69) is 0 Å². The Morgan fingerprint density at radius 2 is 2.10 bits per heavy atom. The molecule has 1 aromatic carbocycles. The molecule has 0 heterocycles. The summed E-state index contributed by atoms with van der Waals surface area (Å²) in [7, 11) is 0. The number of rotatable bonds is 6. The average Bonchev–Trinajstić information content (AvgIpc) is 2.45. The molecule has 0 fully saturated rings. The second kappa shape index (κ2) is 6.85. The molecule has 0 bridgehead atoms. The molecule has 1 aromatic rings. The summed E-state index contributed by atoms with van der Waals surface area (Å²) in [5.74, 6) is -0.525. The van der Waals surface area contributed by atoms with Crippen molar-refractivity contribution in [1.29, 1.82) is 5.26 Å². The van der Waals surface area contributed by atoms with Crippen molar-refractivity contribution in [3.8, 4) is 6.07 Å². The van der Waals surface area contributed by atoms with Crippen LogP contribution in [0.3, 0.4) is 0 Å². The van der Waals surface area contributed by atoms with Gasteiger partial charge in [0.2, 0.25) is 0 Å². The lowest BCUT2D eigenvalue weighted by Gasteiger charge is -2.26. The van der Waals surface area contributed by atoms with E-state index in [0.29, 0.717) is 11.8 Å². The summed E-state index contributed by atoms with van der Waals surface area (Å²) in [5.41, 5.74) is -0.120. The summed E-state index contributed by atoms with van der Waals surface area (Å²) >= 11 is 0. The molecule has 0 saturated heterocycles. The number of carbonyl (C=O) groups excluding carboxylic acids is 2. The van der Waals surface area contributed by atoms with Crippen molar-refractivity contribution in [1.82, 2.24) is 0 Å². The molecule has 1 atom stereocenters. The van der Waals surface area contributed by atoms with Crippen LogP contribution < -0.4 is 0 Å². The molecule has 4 heteroatoms. The molecule has 0 amide bonds. The van der Waals surface area contributed by atoms with E-state index in [4.69, 9.17) is 4.74 Å². The summed E-state index contributed by atoms with van der Waals surface area (Å²) < 4.78 is 5.02. The first kappa shape index (κ1) is 15.9. The fourth-order valence-electron chi connectivity index (χ4n) is 2.22. The molecule has 1 rings (SSSR count). The van der Waals surface area contributed by atoms with Crippen LogP contribution in [0.5, 0.6) is 0 Å². The number of nitrogens with zero attached hydrogens (tertiary/aromatic N) is 1. The van der Waals surface area contributed by atoms with Gasteiger partial charge in [0, 0.05) is 6.42 Å². The van der Waals surface area contributed by atoms with Crippen LogP contribution in [0, 0.1) is 11.3 Å². The third kappa shape index (κ3) is 2.88. The van der Waals surface area contributed by atoms with E-state index in [9.17, 15) is 14.9 Å². The van der Waals surface area contributed by atoms with Crippen LogP contribution in [0.2, 0.25) is 0 Å². The van der Waals surface area contributed by atoms with E-state index in [1.54, 1.807) is 19.1 Å². The number of aldehydes is 1. The fraction of sp³-hybridized carbons (Fsp3) is 0.438. The maximum atomic E-state index is 12.3. The monoisotopic (exact) mass is 273 g/mol. The van der Waals surface area contributed by atoms with E-state index in [0.717, 1.165) is 5.56 Å². The second-order valence-electron chi connectivity index (χ2n) is 4.85. The smallest absolute Gasteiger partial charge is 0.331 e. The molecule has 106 valence electrons. The average molecular weight is 273 g/mol. The van der Waals surface area contributed by atoms with Gasteiger partial charge in [-0.15, -0.1) is 0 Å². The molecule has 4 nitrogen and oxygen atoms in total. The van der Waals surface area contributed by atoms with Crippen molar-refractivity contribution in [2.24, 2.45) is 0 Å². The van der Waals surface area contributed by atoms with Crippen LogP contribution >= 0.6 is 0 Å². The molecule has 0 aliphatic carbocycles. The lowest BCUT2D eigenvalue weighted by Crippen LogP contribution is -2.37. The van der Waals surface area contributed by atoms with Gasteiger partial charge < -0.3 is 9.53 Å². The van der Waals surface area contributed by atoms with Crippen molar-refractivity contribution < 1.29 is 14.3 Å². The molecule has 0 spiro atoms. The summed E-state index contributed by atoms with van der Waals surface area (Å²) in [6, 6.07) is 9.21. The molecule has 0 radical (unpaired) electrons. The van der Waals surface area contributed by atoms with E-state index in [1.807, 2.05) is 32.0 Å². The van der Waals surface area contributed by atoms with E-state index in [-0.39, 0.29) is 18.9 Å². The highest BCUT2D eigenvalue weighted by Gasteiger charge is 2.43. The van der Waals surface area contributed by atoms with Crippen LogP contribution in [-0.4, -0.2) is 18.9 Å². The Morgan fingerprint density at radius 1 is 1.45 bits per heavy atom. The van der Waals surface area contributed by atoms with Gasteiger partial charge in [0.15, 0.2) is 5.41 Å². The number of ether oxygens (including phenoxy) is 1. The molecular weight excluding hydrogens is 254 g/mol. The predicted molar refractivity (Wildman–Crippen MR) is 75.1 cm³/mol. The van der Waals surface area contributed by atoms with Crippen molar-refractivity contribution in [3.05, 3.63) is 35.4 Å². The number of carbonyl (C=O) groups is 2. The minimum atomic E-state index is -1.56. The topological polar surface area (TPSA) is 67.2 Å². The molecule has 0 aromatic heterocycles. The largest absolute Gasteiger partial charge is 0.465 e. The zero-order valence-corrected chi connectivity index (χ0v) is 12.1. The standard InChI is InChI=1S/C16H19NO3/c1-4-20-15(19)16(11-17,9-10-18)14-8-6-5-7-13(14)12(2)3/h5-8,10,12H,4,9H2,1-3H3. The predicted octanol–water partition coefficient (Wildman–Crippen LogP) is 2.72. The number of hydrogen-bond donors (Lipinski definition) is 0. The van der Waals surface area contributed by atoms with E-state index < -0.39 is 11.4 Å². The number of nitriles is 1. The maximum absolute atomic E-state index is 12.3. The highest BCUT2D eigenvalue weighted by Crippen LogP contribution is 2.34. The Labute approximate surface area is 119 Å². The van der Waals surface area contributed by atoms with Crippen molar-refractivity contribution in [3.63, 3.8) is 0 Å². The first-order valence-corrected chi connectivity index (χ1v) is 6.65. The zero-order valence-electron chi connectivity index (χ0n) is 12.1. The fourth-order valence-corrected chi connectivity index (χ4v) is 2.22. The third-order valence-electron chi connectivity index (χ3n) is 3.25. The third-order valence-corrected chi connectivity index (χ3v) is 3.25. The highest BCUT2D eigenvalue weighted by molar-refractivity contribution is 5.90. The lowest BCUT2D eigenvalue weighted by molar-refractivity contribution is -0.148. The summed E-state index contributed by atoms with van der Waals surface area (Å²) in [5, 5.41) is 9.55. The molecular formula is C16H19NO3. The summed E-state index contributed by atoms with van der Waals surface area (Å²) in [6.07, 6.45) is 0.392. The number of esters is 1. The van der Waals surface area contributed by atoms with Gasteiger partial charge in [-0.05, 0) is 24.0 Å². The Hall–Kier alpha value is -2.15. The Bertz CT molecular complexity index is 531. The Morgan fingerprint density at radius 3 is 2.60 bits per heavy atom. The second-order valence-corrected chi connectivity index (χ2v) is 4.85. The molecule has 0 saturated carbocycles. The summed E-state index contributed by atoms with van der Waals surface area (Å²) in [6.45, 7) is 5.81. The quantitative estimate of drug-likeness (QED) is 0.590. The van der Waals surface area contributed by atoms with Gasteiger partial charge >= 0.3 is 5.97 Å². The van der Waals surface area contributed by atoms with Gasteiger partial charge in [0.05, 0.1) is 12.7 Å². The van der Waals surface area contributed by atoms with Crippen LogP contribution in [0.4, 0.5) is 0 Å². The Balaban J connectivity index is 3.49. The van der Waals surface area contributed by atoms with Crippen LogP contribution in [0.15, 0.2) is 24.3 Å². The van der Waals surface area contributed by atoms with Gasteiger partial charge in [0.1, 0.15) is 6.29 Å². The number of benzene rings is 1. The van der Waals surface area contributed by atoms with E-state index in [1.165, 1.54) is 0 Å². The van der Waals surface area contributed by atoms with E-state index >= 15 is 0 Å². The molecule has 1 unspecified atom stereocenters. The zero-order chi connectivity index (χ0) is 15.2. The van der Waals surface area contributed by atoms with Crippen LogP contribution in [0.1, 0.15) is 44.2 Å². The van der Waals surface area contributed by atoms with Crippen molar-refractivity contribution >= 4 is 12.3 Å².